The lowest BCUT2D eigenvalue weighted by atomic mass is 9.99. The van der Waals surface area contributed by atoms with Crippen molar-refractivity contribution in [1.82, 2.24) is 4.90 Å². The van der Waals surface area contributed by atoms with Crippen LogP contribution in [-0.2, 0) is 20.1 Å². The van der Waals surface area contributed by atoms with Crippen molar-refractivity contribution < 1.29 is 33.8 Å². The maximum Gasteiger partial charge on any atom is 0.342 e. The molecule has 0 unspecified atom stereocenters. The molecular formula is C25H31ClN2O7S. The van der Waals surface area contributed by atoms with Gasteiger partial charge in [-0.15, -0.1) is 0 Å². The Morgan fingerprint density at radius 2 is 1.97 bits per heavy atom. The van der Waals surface area contributed by atoms with Crippen molar-refractivity contribution in [1.29, 1.82) is 0 Å². The SMILES string of the molecule is C[C@@H]1C/C=C/[C@@H](O)C/C=C/C(=N\SOCC(=O)N2CCCCC2)Cc2c(Cl)c(O)cc(O)c2C(=O)O1. The number of hydrogen-bond donors (Lipinski definition) is 3. The van der Waals surface area contributed by atoms with Crippen LogP contribution in [0.1, 0.15) is 54.9 Å². The van der Waals surface area contributed by atoms with E-state index in [0.29, 0.717) is 30.8 Å². The number of halogens is 1. The first-order chi connectivity index (χ1) is 17.3. The van der Waals surface area contributed by atoms with Crippen LogP contribution in [0.15, 0.2) is 34.8 Å². The number of aliphatic hydroxyl groups excluding tert-OH is 1. The number of piperidine rings is 1. The second-order valence-electron chi connectivity index (χ2n) is 8.71. The van der Waals surface area contributed by atoms with Gasteiger partial charge in [-0.3, -0.25) is 8.98 Å². The van der Waals surface area contributed by atoms with Crippen LogP contribution < -0.4 is 0 Å². The molecule has 0 bridgehead atoms. The molecule has 1 aromatic rings. The maximum absolute atomic E-state index is 12.9. The van der Waals surface area contributed by atoms with E-state index in [1.807, 2.05) is 0 Å². The predicted molar refractivity (Wildman–Crippen MR) is 138 cm³/mol. The Morgan fingerprint density at radius 1 is 1.22 bits per heavy atom. The van der Waals surface area contributed by atoms with Crippen LogP contribution in [0.2, 0.25) is 5.02 Å². The number of carbonyl (C=O) groups is 2. The summed E-state index contributed by atoms with van der Waals surface area (Å²) in [5.74, 6) is -1.78. The van der Waals surface area contributed by atoms with Crippen LogP contribution in [0, 0.1) is 0 Å². The van der Waals surface area contributed by atoms with Crippen molar-refractivity contribution >= 4 is 41.4 Å². The second kappa shape index (κ2) is 13.7. The molecule has 0 saturated carbocycles. The number of nitrogens with zero attached hydrogens (tertiary/aromatic N) is 2. The van der Waals surface area contributed by atoms with Crippen LogP contribution in [0.4, 0.5) is 0 Å². The fraction of sp³-hybridized carbons (Fsp3) is 0.480. The summed E-state index contributed by atoms with van der Waals surface area (Å²) in [5.41, 5.74) is 0.332. The normalized spacial score (nSPS) is 24.5. The highest BCUT2D eigenvalue weighted by atomic mass is 35.5. The van der Waals surface area contributed by atoms with E-state index in [4.69, 9.17) is 20.5 Å². The average Bonchev–Trinajstić information content (AvgIpc) is 2.84. The summed E-state index contributed by atoms with van der Waals surface area (Å²) < 4.78 is 15.2. The minimum atomic E-state index is -0.803. The van der Waals surface area contributed by atoms with Crippen LogP contribution in [-0.4, -0.2) is 69.7 Å². The van der Waals surface area contributed by atoms with Gasteiger partial charge in [0.05, 0.1) is 16.8 Å². The third-order valence-electron chi connectivity index (χ3n) is 5.80. The average molecular weight is 539 g/mol. The van der Waals surface area contributed by atoms with Crippen molar-refractivity contribution in [2.45, 2.75) is 57.7 Å². The number of aromatic hydroxyl groups is 2. The molecule has 196 valence electrons. The van der Waals surface area contributed by atoms with Crippen LogP contribution in [0.5, 0.6) is 11.5 Å². The smallest absolute Gasteiger partial charge is 0.342 e. The summed E-state index contributed by atoms with van der Waals surface area (Å²) >= 11 is 7.04. The molecule has 1 amide bonds. The van der Waals surface area contributed by atoms with Crippen LogP contribution in [0.25, 0.3) is 0 Å². The number of amides is 1. The van der Waals surface area contributed by atoms with E-state index in [2.05, 4.69) is 4.40 Å². The summed E-state index contributed by atoms with van der Waals surface area (Å²) in [4.78, 5) is 27.0. The molecule has 0 aromatic heterocycles. The lowest BCUT2D eigenvalue weighted by molar-refractivity contribution is -0.133. The highest BCUT2D eigenvalue weighted by Crippen LogP contribution is 2.37. The molecular weight excluding hydrogens is 508 g/mol. The Morgan fingerprint density at radius 3 is 2.72 bits per heavy atom. The highest BCUT2D eigenvalue weighted by Gasteiger charge is 2.25. The molecule has 0 aliphatic carbocycles. The number of rotatable bonds is 4. The summed E-state index contributed by atoms with van der Waals surface area (Å²) in [6, 6.07) is 0.989. The zero-order chi connectivity index (χ0) is 26.1. The van der Waals surface area contributed by atoms with Gasteiger partial charge in [-0.05, 0) is 44.2 Å². The third kappa shape index (κ3) is 7.99. The van der Waals surface area contributed by atoms with Crippen LogP contribution in [0.3, 0.4) is 0 Å². The molecule has 36 heavy (non-hydrogen) atoms. The molecule has 0 radical (unpaired) electrons. The standard InChI is InChI=1S/C25H31ClN2O7S/c1-16-7-5-9-18(29)10-6-8-17(27-36-34-15-22(32)28-11-3-2-4-12-28)13-19-23(25(33)35-16)20(30)14-21(31)24(19)26/h5-6,8-9,14,16,18,29-31H,2-4,7,10-13,15H2,1H3/b8-6+,9-5+,27-17+/t16-,18-/m1/s1. The van der Waals surface area contributed by atoms with Gasteiger partial charge in [-0.1, -0.05) is 29.8 Å². The van der Waals surface area contributed by atoms with Crippen molar-refractivity contribution in [3.8, 4) is 11.5 Å². The highest BCUT2D eigenvalue weighted by molar-refractivity contribution is 7.93. The van der Waals surface area contributed by atoms with E-state index < -0.39 is 29.7 Å². The largest absolute Gasteiger partial charge is 0.507 e. The summed E-state index contributed by atoms with van der Waals surface area (Å²) in [5, 5.41) is 30.7. The summed E-state index contributed by atoms with van der Waals surface area (Å²) in [7, 11) is 0. The molecule has 2 atom stereocenters. The number of allylic oxidation sites excluding steroid dienone is 1. The molecule has 1 saturated heterocycles. The molecule has 2 aliphatic rings. The zero-order valence-corrected chi connectivity index (χ0v) is 21.6. The van der Waals surface area contributed by atoms with Gasteiger partial charge < -0.3 is 25.0 Å². The first kappa shape index (κ1) is 28.0. The number of fused-ring (bicyclic) bond motifs is 1. The van der Waals surface area contributed by atoms with E-state index in [0.717, 1.165) is 38.4 Å². The maximum atomic E-state index is 12.9. The van der Waals surface area contributed by atoms with Crippen molar-refractivity contribution in [2.24, 2.45) is 4.40 Å². The first-order valence-electron chi connectivity index (χ1n) is 11.8. The third-order valence-corrected chi connectivity index (χ3v) is 6.76. The first-order valence-corrected chi connectivity index (χ1v) is 12.9. The Hall–Kier alpha value is -2.53. The topological polar surface area (TPSA) is 129 Å². The zero-order valence-electron chi connectivity index (χ0n) is 20.1. The number of benzene rings is 1. The second-order valence-corrected chi connectivity index (χ2v) is 9.65. The summed E-state index contributed by atoms with van der Waals surface area (Å²) in [6.45, 7) is 2.98. The molecule has 2 heterocycles. The minimum Gasteiger partial charge on any atom is -0.507 e. The van der Waals surface area contributed by atoms with Crippen molar-refractivity contribution in [2.75, 3.05) is 19.7 Å². The van der Waals surface area contributed by atoms with Gasteiger partial charge in [0.15, 0.2) is 0 Å². The lowest BCUT2D eigenvalue weighted by Crippen LogP contribution is -2.37. The molecule has 0 spiro atoms. The van der Waals surface area contributed by atoms with Gasteiger partial charge in [-0.2, -0.15) is 4.40 Å². The van der Waals surface area contributed by atoms with Crippen LogP contribution >= 0.6 is 23.8 Å². The molecule has 1 aromatic carbocycles. The number of aliphatic hydroxyl groups is 1. The fourth-order valence-corrected chi connectivity index (χ4v) is 4.55. The lowest BCUT2D eigenvalue weighted by Gasteiger charge is -2.26. The molecule has 2 aliphatic heterocycles. The quantitative estimate of drug-likeness (QED) is 0.171. The summed E-state index contributed by atoms with van der Waals surface area (Å²) in [6.07, 6.45) is 9.06. The number of cyclic esters (lactones) is 1. The monoisotopic (exact) mass is 538 g/mol. The number of ether oxygens (including phenoxy) is 1. The van der Waals surface area contributed by atoms with Crippen molar-refractivity contribution in [3.05, 3.63) is 46.5 Å². The van der Waals surface area contributed by atoms with E-state index in [1.165, 1.54) is 0 Å². The van der Waals surface area contributed by atoms with Gasteiger partial charge in [-0.25, -0.2) is 4.79 Å². The Labute approximate surface area is 219 Å². The fourth-order valence-electron chi connectivity index (χ4n) is 3.91. The number of likely N-dealkylation sites (tertiary alicyclic amines) is 1. The number of carbonyl (C=O) groups excluding carboxylic acids is 2. The van der Waals surface area contributed by atoms with Gasteiger partial charge in [0.2, 0.25) is 5.91 Å². The van der Waals surface area contributed by atoms with Crippen molar-refractivity contribution in [3.63, 3.8) is 0 Å². The Bertz CT molecular complexity index is 1040. The van der Waals surface area contributed by atoms with E-state index in [9.17, 15) is 24.9 Å². The Balaban J connectivity index is 1.84. The van der Waals surface area contributed by atoms with Gasteiger partial charge in [0, 0.05) is 32.0 Å². The predicted octanol–water partition coefficient (Wildman–Crippen LogP) is 4.14. The van der Waals surface area contributed by atoms with E-state index >= 15 is 0 Å². The van der Waals surface area contributed by atoms with Gasteiger partial charge >= 0.3 is 5.97 Å². The van der Waals surface area contributed by atoms with Gasteiger partial charge in [0.25, 0.3) is 0 Å². The van der Waals surface area contributed by atoms with E-state index in [1.54, 1.807) is 36.1 Å². The molecule has 3 rings (SSSR count). The number of esters is 1. The number of phenols is 2. The van der Waals surface area contributed by atoms with Gasteiger partial charge in [0.1, 0.15) is 42.0 Å². The molecule has 3 N–H and O–H groups in total. The minimum absolute atomic E-state index is 0.0571. The molecule has 1 fully saturated rings. The number of hydrogen-bond acceptors (Lipinski definition) is 9. The molecule has 9 nitrogen and oxygen atoms in total. The molecule has 11 heteroatoms. The Kier molecular flexibility index (Phi) is 10.7. The number of phenolic OH excluding ortho intramolecular Hbond substituents is 2. The van der Waals surface area contributed by atoms with E-state index in [-0.39, 0.29) is 35.1 Å².